The van der Waals surface area contributed by atoms with Gasteiger partial charge in [-0.15, -0.1) is 0 Å². The second kappa shape index (κ2) is 5.16. The van der Waals surface area contributed by atoms with E-state index >= 15 is 0 Å². The maximum atomic E-state index is 12.4. The van der Waals surface area contributed by atoms with Crippen molar-refractivity contribution < 1.29 is 9.53 Å². The Kier molecular flexibility index (Phi) is 3.71. The predicted octanol–water partition coefficient (Wildman–Crippen LogP) is 3.77. The standard InChI is InChI=1S/C16H20N2O2/c1-11-9-12(10-17)5-8-14(11)18(13-6-7-13)15(19)20-16(2,3)4/h5,8-9,13H,6-7H2,1-4H3. The molecule has 0 aliphatic heterocycles. The number of nitrogens with zero attached hydrogens (tertiary/aromatic N) is 2. The quantitative estimate of drug-likeness (QED) is 0.823. The number of anilines is 1. The van der Waals surface area contributed by atoms with E-state index in [0.29, 0.717) is 5.56 Å². The minimum atomic E-state index is -0.509. The third-order valence-corrected chi connectivity index (χ3v) is 3.09. The van der Waals surface area contributed by atoms with Gasteiger partial charge >= 0.3 is 6.09 Å². The lowest BCUT2D eigenvalue weighted by molar-refractivity contribution is 0.0577. The Balaban J connectivity index is 2.30. The number of hydrogen-bond acceptors (Lipinski definition) is 3. The topological polar surface area (TPSA) is 53.3 Å². The lowest BCUT2D eigenvalue weighted by Gasteiger charge is -2.28. The summed E-state index contributed by atoms with van der Waals surface area (Å²) < 4.78 is 5.49. The van der Waals surface area contributed by atoms with Crippen LogP contribution < -0.4 is 4.90 Å². The molecule has 1 aromatic carbocycles. The van der Waals surface area contributed by atoms with E-state index < -0.39 is 5.60 Å². The van der Waals surface area contributed by atoms with Crippen molar-refractivity contribution in [2.75, 3.05) is 4.90 Å². The van der Waals surface area contributed by atoms with Crippen LogP contribution in [0.2, 0.25) is 0 Å². The van der Waals surface area contributed by atoms with E-state index in [2.05, 4.69) is 6.07 Å². The second-order valence-electron chi connectivity index (χ2n) is 6.19. The van der Waals surface area contributed by atoms with E-state index in [1.54, 1.807) is 17.0 Å². The van der Waals surface area contributed by atoms with Gasteiger partial charge in [0, 0.05) is 6.04 Å². The van der Waals surface area contributed by atoms with Crippen LogP contribution in [0.25, 0.3) is 0 Å². The largest absolute Gasteiger partial charge is 0.443 e. The fourth-order valence-corrected chi connectivity index (χ4v) is 2.08. The van der Waals surface area contributed by atoms with E-state index in [1.165, 1.54) is 0 Å². The molecule has 2 rings (SSSR count). The number of amides is 1. The SMILES string of the molecule is Cc1cc(C#N)ccc1N(C(=O)OC(C)(C)C)C1CC1. The number of ether oxygens (including phenoxy) is 1. The summed E-state index contributed by atoms with van der Waals surface area (Å²) in [6.45, 7) is 7.50. The van der Waals surface area contributed by atoms with Gasteiger partial charge in [-0.25, -0.2) is 4.79 Å². The number of carbonyl (C=O) groups is 1. The highest BCUT2D eigenvalue weighted by Gasteiger charge is 2.37. The minimum Gasteiger partial charge on any atom is -0.443 e. The normalized spacial score (nSPS) is 14.6. The number of nitriles is 1. The van der Waals surface area contributed by atoms with E-state index in [-0.39, 0.29) is 12.1 Å². The smallest absolute Gasteiger partial charge is 0.415 e. The zero-order chi connectivity index (χ0) is 14.9. The van der Waals surface area contributed by atoms with Crippen molar-refractivity contribution in [2.45, 2.75) is 52.2 Å². The molecule has 0 unspecified atom stereocenters. The van der Waals surface area contributed by atoms with Crippen molar-refractivity contribution in [2.24, 2.45) is 0 Å². The maximum Gasteiger partial charge on any atom is 0.415 e. The van der Waals surface area contributed by atoms with Gasteiger partial charge in [0.05, 0.1) is 17.3 Å². The van der Waals surface area contributed by atoms with Crippen LogP contribution in [0, 0.1) is 18.3 Å². The third-order valence-electron chi connectivity index (χ3n) is 3.09. The van der Waals surface area contributed by atoms with Gasteiger partial charge in [0.25, 0.3) is 0 Å². The minimum absolute atomic E-state index is 0.219. The molecule has 0 radical (unpaired) electrons. The third kappa shape index (κ3) is 3.30. The molecule has 4 nitrogen and oxygen atoms in total. The summed E-state index contributed by atoms with van der Waals surface area (Å²) in [5, 5.41) is 8.92. The number of carbonyl (C=O) groups excluding carboxylic acids is 1. The molecule has 1 amide bonds. The van der Waals surface area contributed by atoms with Crippen LogP contribution in [0.5, 0.6) is 0 Å². The van der Waals surface area contributed by atoms with E-state index in [4.69, 9.17) is 10.00 Å². The maximum absolute atomic E-state index is 12.4. The Bertz CT molecular complexity index is 563. The summed E-state index contributed by atoms with van der Waals surface area (Å²) in [7, 11) is 0. The molecule has 4 heteroatoms. The first-order chi connectivity index (χ1) is 9.31. The Morgan fingerprint density at radius 2 is 2.05 bits per heavy atom. The average molecular weight is 272 g/mol. The van der Waals surface area contributed by atoms with Gasteiger partial charge in [-0.2, -0.15) is 5.26 Å². The molecule has 0 bridgehead atoms. The summed E-state index contributed by atoms with van der Waals surface area (Å²) in [5.74, 6) is 0. The molecule has 0 saturated heterocycles. The van der Waals surface area contributed by atoms with Crippen LogP contribution in [0.15, 0.2) is 18.2 Å². The van der Waals surface area contributed by atoms with Crippen LogP contribution in [0.3, 0.4) is 0 Å². The first-order valence-corrected chi connectivity index (χ1v) is 6.85. The molecule has 0 aromatic heterocycles. The van der Waals surface area contributed by atoms with Gasteiger partial charge in [0.1, 0.15) is 5.60 Å². The summed E-state index contributed by atoms with van der Waals surface area (Å²) in [5.41, 5.74) is 1.85. The lowest BCUT2D eigenvalue weighted by Crippen LogP contribution is -2.38. The zero-order valence-electron chi connectivity index (χ0n) is 12.4. The molecule has 1 aliphatic carbocycles. The van der Waals surface area contributed by atoms with Gasteiger partial charge in [-0.3, -0.25) is 4.90 Å². The van der Waals surface area contributed by atoms with E-state index in [1.807, 2.05) is 33.8 Å². The number of benzene rings is 1. The van der Waals surface area contributed by atoms with Crippen LogP contribution in [-0.4, -0.2) is 17.7 Å². The number of rotatable bonds is 2. The molecule has 0 atom stereocenters. The summed E-state index contributed by atoms with van der Waals surface area (Å²) in [6.07, 6.45) is 1.69. The highest BCUT2D eigenvalue weighted by Crippen LogP contribution is 2.35. The van der Waals surface area contributed by atoms with Crippen molar-refractivity contribution in [1.29, 1.82) is 5.26 Å². The summed E-state index contributed by atoms with van der Waals surface area (Å²) in [4.78, 5) is 14.1. The van der Waals surface area contributed by atoms with Gasteiger partial charge in [-0.05, 0) is 64.3 Å². The van der Waals surface area contributed by atoms with Crippen LogP contribution in [0.1, 0.15) is 44.7 Å². The second-order valence-corrected chi connectivity index (χ2v) is 6.19. The van der Waals surface area contributed by atoms with Gasteiger partial charge in [0.15, 0.2) is 0 Å². The van der Waals surface area contributed by atoms with Crippen LogP contribution >= 0.6 is 0 Å². The molecule has 1 aliphatic rings. The zero-order valence-corrected chi connectivity index (χ0v) is 12.4. The number of hydrogen-bond donors (Lipinski definition) is 0. The monoisotopic (exact) mass is 272 g/mol. The molecule has 0 heterocycles. The van der Waals surface area contributed by atoms with Gasteiger partial charge in [-0.1, -0.05) is 0 Å². The summed E-state index contributed by atoms with van der Waals surface area (Å²) in [6, 6.07) is 7.70. The van der Waals surface area contributed by atoms with Gasteiger partial charge in [0.2, 0.25) is 0 Å². The van der Waals surface area contributed by atoms with Crippen molar-refractivity contribution in [3.05, 3.63) is 29.3 Å². The van der Waals surface area contributed by atoms with E-state index in [0.717, 1.165) is 24.1 Å². The molecule has 1 saturated carbocycles. The highest BCUT2D eigenvalue weighted by molar-refractivity contribution is 5.90. The van der Waals surface area contributed by atoms with Crippen molar-refractivity contribution in [1.82, 2.24) is 0 Å². The van der Waals surface area contributed by atoms with Crippen LogP contribution in [-0.2, 0) is 4.74 Å². The average Bonchev–Trinajstić information content (AvgIpc) is 3.13. The number of aryl methyl sites for hydroxylation is 1. The van der Waals surface area contributed by atoms with Crippen molar-refractivity contribution in [3.8, 4) is 6.07 Å². The first kappa shape index (κ1) is 14.4. The molecular formula is C16H20N2O2. The predicted molar refractivity (Wildman–Crippen MR) is 77.6 cm³/mol. The highest BCUT2D eigenvalue weighted by atomic mass is 16.6. The van der Waals surface area contributed by atoms with E-state index in [9.17, 15) is 4.79 Å². The fourth-order valence-electron chi connectivity index (χ4n) is 2.08. The molecule has 1 fully saturated rings. The lowest BCUT2D eigenvalue weighted by atomic mass is 10.1. The van der Waals surface area contributed by atoms with Crippen molar-refractivity contribution in [3.63, 3.8) is 0 Å². The summed E-state index contributed by atoms with van der Waals surface area (Å²) >= 11 is 0. The fraction of sp³-hybridized carbons (Fsp3) is 0.500. The molecule has 0 spiro atoms. The Morgan fingerprint density at radius 3 is 2.50 bits per heavy atom. The molecular weight excluding hydrogens is 252 g/mol. The Labute approximate surface area is 120 Å². The molecule has 0 N–H and O–H groups in total. The van der Waals surface area contributed by atoms with Gasteiger partial charge < -0.3 is 4.74 Å². The van der Waals surface area contributed by atoms with Crippen molar-refractivity contribution >= 4 is 11.8 Å². The van der Waals surface area contributed by atoms with Crippen LogP contribution in [0.4, 0.5) is 10.5 Å². The molecule has 20 heavy (non-hydrogen) atoms. The molecule has 1 aromatic rings. The molecule has 106 valence electrons. The Hall–Kier alpha value is -2.02. The first-order valence-electron chi connectivity index (χ1n) is 6.85. The Morgan fingerprint density at radius 1 is 1.40 bits per heavy atom.